The van der Waals surface area contributed by atoms with E-state index in [1.165, 1.54) is 19.3 Å². The van der Waals surface area contributed by atoms with Gasteiger partial charge in [-0.1, -0.05) is 27.2 Å². The first-order chi connectivity index (χ1) is 12.2. The van der Waals surface area contributed by atoms with Crippen LogP contribution in [-0.2, 0) is 4.79 Å². The Morgan fingerprint density at radius 3 is 2.38 bits per heavy atom. The van der Waals surface area contributed by atoms with Crippen LogP contribution in [-0.4, -0.2) is 58.6 Å². The molecule has 1 N–H and O–H groups in total. The first-order valence-corrected chi connectivity index (χ1v) is 10.9. The second-order valence-corrected chi connectivity index (χ2v) is 10.4. The third-order valence-electron chi connectivity index (χ3n) is 7.52. The van der Waals surface area contributed by atoms with Crippen LogP contribution < -0.4 is 0 Å². The molecule has 4 nitrogen and oxygen atoms in total. The molecule has 2 saturated heterocycles. The molecule has 2 atom stereocenters. The van der Waals surface area contributed by atoms with Gasteiger partial charge in [0.25, 0.3) is 0 Å². The summed E-state index contributed by atoms with van der Waals surface area (Å²) >= 11 is 0. The highest BCUT2D eigenvalue weighted by Crippen LogP contribution is 2.42. The minimum atomic E-state index is -0.506. The SMILES string of the molecule is CC(=O)N1CC[C@H]2[C@H](CCCCN2CC2(O)CCC(C(C)(C)C)CC2)C1. The smallest absolute Gasteiger partial charge is 0.219 e. The van der Waals surface area contributed by atoms with Crippen molar-refractivity contribution in [2.75, 3.05) is 26.2 Å². The van der Waals surface area contributed by atoms with E-state index in [1.54, 1.807) is 6.92 Å². The summed E-state index contributed by atoms with van der Waals surface area (Å²) in [5.41, 5.74) is -0.150. The monoisotopic (exact) mass is 364 g/mol. The van der Waals surface area contributed by atoms with Gasteiger partial charge in [0.1, 0.15) is 0 Å². The average Bonchev–Trinajstić information content (AvgIpc) is 2.76. The third-order valence-corrected chi connectivity index (χ3v) is 7.52. The molecule has 1 aliphatic carbocycles. The lowest BCUT2D eigenvalue weighted by atomic mass is 9.68. The Balaban J connectivity index is 1.62. The quantitative estimate of drug-likeness (QED) is 0.813. The molecule has 3 rings (SSSR count). The Hall–Kier alpha value is -0.610. The van der Waals surface area contributed by atoms with Crippen molar-refractivity contribution in [2.45, 2.75) is 90.7 Å². The predicted molar refractivity (Wildman–Crippen MR) is 106 cm³/mol. The lowest BCUT2D eigenvalue weighted by molar-refractivity contribution is -0.132. The first-order valence-electron chi connectivity index (χ1n) is 10.9. The van der Waals surface area contributed by atoms with Crippen molar-refractivity contribution < 1.29 is 9.90 Å². The predicted octanol–water partition coefficient (Wildman–Crippen LogP) is 3.68. The van der Waals surface area contributed by atoms with Gasteiger partial charge >= 0.3 is 0 Å². The van der Waals surface area contributed by atoms with E-state index in [9.17, 15) is 9.90 Å². The van der Waals surface area contributed by atoms with Crippen LogP contribution in [0.2, 0.25) is 0 Å². The molecule has 0 unspecified atom stereocenters. The molecule has 2 aliphatic heterocycles. The first kappa shape index (κ1) is 20.1. The summed E-state index contributed by atoms with van der Waals surface area (Å²) in [5, 5.41) is 11.3. The third kappa shape index (κ3) is 4.62. The number of rotatable bonds is 2. The highest BCUT2D eigenvalue weighted by molar-refractivity contribution is 5.73. The van der Waals surface area contributed by atoms with E-state index in [0.29, 0.717) is 17.4 Å². The topological polar surface area (TPSA) is 43.8 Å². The molecule has 0 aromatic heterocycles. The number of β-amino-alcohol motifs (C(OH)–C–C–N with tert-alkyl or cyclic N) is 1. The molecule has 0 spiro atoms. The number of fused-ring (bicyclic) bond motifs is 1. The average molecular weight is 365 g/mol. The van der Waals surface area contributed by atoms with E-state index in [-0.39, 0.29) is 5.91 Å². The van der Waals surface area contributed by atoms with Gasteiger partial charge in [0, 0.05) is 32.6 Å². The van der Waals surface area contributed by atoms with E-state index in [4.69, 9.17) is 0 Å². The number of hydrogen-bond acceptors (Lipinski definition) is 3. The number of aliphatic hydroxyl groups is 1. The Morgan fingerprint density at radius 1 is 1.08 bits per heavy atom. The fourth-order valence-corrected chi connectivity index (χ4v) is 5.71. The van der Waals surface area contributed by atoms with Gasteiger partial charge in [0.2, 0.25) is 5.91 Å². The molecule has 0 aromatic carbocycles. The van der Waals surface area contributed by atoms with Crippen LogP contribution in [0.1, 0.15) is 79.1 Å². The number of carbonyl (C=O) groups is 1. The molecule has 3 fully saturated rings. The second-order valence-electron chi connectivity index (χ2n) is 10.4. The van der Waals surface area contributed by atoms with E-state index in [1.807, 2.05) is 4.90 Å². The van der Waals surface area contributed by atoms with Gasteiger partial charge < -0.3 is 10.0 Å². The van der Waals surface area contributed by atoms with E-state index >= 15 is 0 Å². The molecule has 2 heterocycles. The maximum absolute atomic E-state index is 11.8. The Bertz CT molecular complexity index is 491. The van der Waals surface area contributed by atoms with Crippen LogP contribution in [0.25, 0.3) is 0 Å². The second kappa shape index (κ2) is 7.79. The molecule has 4 heteroatoms. The maximum atomic E-state index is 11.8. The molecule has 0 bridgehead atoms. The number of carbonyl (C=O) groups excluding carboxylic acids is 1. The van der Waals surface area contributed by atoms with Crippen molar-refractivity contribution in [2.24, 2.45) is 17.3 Å². The fourth-order valence-electron chi connectivity index (χ4n) is 5.71. The maximum Gasteiger partial charge on any atom is 0.219 e. The van der Waals surface area contributed by atoms with Gasteiger partial charge in [-0.15, -0.1) is 0 Å². The Labute approximate surface area is 160 Å². The molecular weight excluding hydrogens is 324 g/mol. The van der Waals surface area contributed by atoms with Crippen LogP contribution in [0.3, 0.4) is 0 Å². The van der Waals surface area contributed by atoms with Crippen molar-refractivity contribution in [3.8, 4) is 0 Å². The minimum absolute atomic E-state index is 0.221. The number of piperidine rings is 1. The highest BCUT2D eigenvalue weighted by Gasteiger charge is 2.42. The van der Waals surface area contributed by atoms with Gasteiger partial charge in [-0.05, 0) is 68.7 Å². The van der Waals surface area contributed by atoms with Crippen molar-refractivity contribution in [3.63, 3.8) is 0 Å². The summed E-state index contributed by atoms with van der Waals surface area (Å²) in [6, 6.07) is 0.553. The number of amides is 1. The summed E-state index contributed by atoms with van der Waals surface area (Å²) in [5.74, 6) is 1.54. The highest BCUT2D eigenvalue weighted by atomic mass is 16.3. The van der Waals surface area contributed by atoms with Crippen molar-refractivity contribution in [3.05, 3.63) is 0 Å². The number of likely N-dealkylation sites (tertiary alicyclic amines) is 2. The largest absolute Gasteiger partial charge is 0.389 e. The summed E-state index contributed by atoms with van der Waals surface area (Å²) < 4.78 is 0. The summed E-state index contributed by atoms with van der Waals surface area (Å²) in [4.78, 5) is 16.4. The molecule has 3 aliphatic rings. The number of nitrogens with zero attached hydrogens (tertiary/aromatic N) is 2. The normalized spacial score (nSPS) is 37.1. The standard InChI is InChI=1S/C22H40N2O2/c1-17(25)23-14-10-20-18(15-23)7-5-6-13-24(20)16-22(26)11-8-19(9-12-22)21(2,3)4/h18-20,26H,5-16H2,1-4H3/t18-,19?,20+,22?/m1/s1. The zero-order valence-corrected chi connectivity index (χ0v) is 17.5. The molecular formula is C22H40N2O2. The fraction of sp³-hybridized carbons (Fsp3) is 0.955. The molecule has 150 valence electrons. The van der Waals surface area contributed by atoms with Crippen LogP contribution in [0.5, 0.6) is 0 Å². The van der Waals surface area contributed by atoms with Crippen LogP contribution >= 0.6 is 0 Å². The zero-order valence-electron chi connectivity index (χ0n) is 17.5. The summed E-state index contributed by atoms with van der Waals surface area (Å²) in [6.45, 7) is 12.5. The van der Waals surface area contributed by atoms with Crippen LogP contribution in [0, 0.1) is 17.3 Å². The van der Waals surface area contributed by atoms with Gasteiger partial charge in [0.05, 0.1) is 5.60 Å². The van der Waals surface area contributed by atoms with E-state index < -0.39 is 5.60 Å². The van der Waals surface area contributed by atoms with Gasteiger partial charge in [-0.3, -0.25) is 9.69 Å². The van der Waals surface area contributed by atoms with Gasteiger partial charge in [0.15, 0.2) is 0 Å². The Kier molecular flexibility index (Phi) is 6.03. The van der Waals surface area contributed by atoms with Crippen molar-refractivity contribution in [1.82, 2.24) is 9.80 Å². The van der Waals surface area contributed by atoms with Gasteiger partial charge in [-0.25, -0.2) is 0 Å². The van der Waals surface area contributed by atoms with Crippen LogP contribution in [0.15, 0.2) is 0 Å². The zero-order chi connectivity index (χ0) is 18.9. The molecule has 26 heavy (non-hydrogen) atoms. The van der Waals surface area contributed by atoms with Crippen LogP contribution in [0.4, 0.5) is 0 Å². The molecule has 1 saturated carbocycles. The summed E-state index contributed by atoms with van der Waals surface area (Å²) in [6.07, 6.45) is 8.99. The molecule has 0 aromatic rings. The minimum Gasteiger partial charge on any atom is -0.389 e. The number of hydrogen-bond donors (Lipinski definition) is 1. The van der Waals surface area contributed by atoms with E-state index in [0.717, 1.165) is 64.2 Å². The Morgan fingerprint density at radius 2 is 1.77 bits per heavy atom. The molecule has 1 amide bonds. The van der Waals surface area contributed by atoms with E-state index in [2.05, 4.69) is 25.7 Å². The summed E-state index contributed by atoms with van der Waals surface area (Å²) in [7, 11) is 0. The lowest BCUT2D eigenvalue weighted by Gasteiger charge is -2.47. The van der Waals surface area contributed by atoms with Gasteiger partial charge in [-0.2, -0.15) is 0 Å². The van der Waals surface area contributed by atoms with Crippen molar-refractivity contribution in [1.29, 1.82) is 0 Å². The molecule has 0 radical (unpaired) electrons. The van der Waals surface area contributed by atoms with Crippen molar-refractivity contribution >= 4 is 5.91 Å². The lowest BCUT2D eigenvalue weighted by Crippen LogP contribution is -2.55.